The quantitative estimate of drug-likeness (QED) is 0.580. The number of nitrogens with one attached hydrogen (secondary N) is 1. The summed E-state index contributed by atoms with van der Waals surface area (Å²) >= 11 is 0. The second-order valence-corrected chi connectivity index (χ2v) is 8.60. The largest absolute Gasteiger partial charge is 0.293 e. The van der Waals surface area contributed by atoms with Crippen LogP contribution in [-0.4, -0.2) is 35.7 Å². The van der Waals surface area contributed by atoms with E-state index in [0.29, 0.717) is 17.1 Å². The summed E-state index contributed by atoms with van der Waals surface area (Å²) < 4.78 is 22.9. The third-order valence-electron chi connectivity index (χ3n) is 4.83. The fourth-order valence-electron chi connectivity index (χ4n) is 3.27. The smallest absolute Gasteiger partial charge is 0.278 e. The first-order valence-corrected chi connectivity index (χ1v) is 11.2. The van der Waals surface area contributed by atoms with Crippen LogP contribution in [0, 0.1) is 0 Å². The number of nitrogens with two attached hydrogens (primary N) is 1. The lowest BCUT2D eigenvalue weighted by atomic mass is 10.00. The lowest BCUT2D eigenvalue weighted by molar-refractivity contribution is 0.0734. The van der Waals surface area contributed by atoms with Crippen LogP contribution >= 0.6 is 0 Å². The average molecular weight is 449 g/mol. The predicted octanol–water partition coefficient (Wildman–Crippen LogP) is 2.77. The Bertz CT molecular complexity index is 1290. The van der Waals surface area contributed by atoms with Crippen LogP contribution in [0.1, 0.15) is 29.0 Å². The number of hydrogen-bond donors (Lipinski definition) is 2. The zero-order valence-electron chi connectivity index (χ0n) is 17.1. The topological polar surface area (TPSA) is 130 Å². The van der Waals surface area contributed by atoms with Crippen molar-refractivity contribution in [3.05, 3.63) is 90.3 Å². The Kier molecular flexibility index (Phi) is 5.80. The van der Waals surface area contributed by atoms with Gasteiger partial charge in [-0.05, 0) is 48.9 Å². The standard InChI is InChI=1S/C22H20N6O3S/c1-15-20(26-25-17-10-12-18(13-11-17)32(23,30)31)21(16-7-3-2-4-8-16)28(27-15)22(29)19-9-5-6-14-24-19/h2-14,21,25H,1H3,(H2,23,30,31)/b26-20+. The minimum absolute atomic E-state index is 0.00334. The molecule has 3 aromatic rings. The zero-order valence-corrected chi connectivity index (χ0v) is 17.9. The van der Waals surface area contributed by atoms with Gasteiger partial charge in [-0.3, -0.25) is 15.2 Å². The fraction of sp³-hybridized carbons (Fsp3) is 0.0909. The number of pyridine rings is 1. The van der Waals surface area contributed by atoms with Crippen LogP contribution in [0.4, 0.5) is 5.69 Å². The number of amides is 1. The van der Waals surface area contributed by atoms with Crippen molar-refractivity contribution in [2.75, 3.05) is 5.43 Å². The van der Waals surface area contributed by atoms with E-state index in [1.807, 2.05) is 30.3 Å². The van der Waals surface area contributed by atoms with Gasteiger partial charge in [-0.2, -0.15) is 10.2 Å². The van der Waals surface area contributed by atoms with Gasteiger partial charge in [0.2, 0.25) is 10.0 Å². The molecule has 0 fully saturated rings. The number of carbonyl (C=O) groups is 1. The summed E-state index contributed by atoms with van der Waals surface area (Å²) in [5.41, 5.74) is 5.70. The van der Waals surface area contributed by atoms with Crippen molar-refractivity contribution in [1.29, 1.82) is 0 Å². The molecule has 3 N–H and O–H groups in total. The summed E-state index contributed by atoms with van der Waals surface area (Å²) in [6.07, 6.45) is 1.55. The SMILES string of the molecule is CC1=NN(C(=O)c2ccccn2)C(c2ccccc2)/C1=N/Nc1ccc(S(N)(=O)=O)cc1. The minimum atomic E-state index is -3.78. The summed E-state index contributed by atoms with van der Waals surface area (Å²) in [7, 11) is -3.78. The molecule has 0 aliphatic carbocycles. The fourth-order valence-corrected chi connectivity index (χ4v) is 3.79. The third-order valence-corrected chi connectivity index (χ3v) is 5.76. The summed E-state index contributed by atoms with van der Waals surface area (Å²) in [6.45, 7) is 1.77. The zero-order chi connectivity index (χ0) is 22.7. The highest BCUT2D eigenvalue weighted by Gasteiger charge is 2.37. The van der Waals surface area contributed by atoms with Gasteiger partial charge in [0.25, 0.3) is 5.91 Å². The number of primary sulfonamides is 1. The van der Waals surface area contributed by atoms with Crippen LogP contribution in [0.25, 0.3) is 0 Å². The molecule has 2 heterocycles. The molecule has 1 aromatic heterocycles. The van der Waals surface area contributed by atoms with E-state index in [-0.39, 0.29) is 16.5 Å². The van der Waals surface area contributed by atoms with E-state index in [1.165, 1.54) is 17.1 Å². The molecule has 0 bridgehead atoms. The minimum Gasteiger partial charge on any atom is -0.278 e. The molecular formula is C22H20N6O3S. The molecule has 1 unspecified atom stereocenters. The van der Waals surface area contributed by atoms with Crippen molar-refractivity contribution in [3.63, 3.8) is 0 Å². The number of benzene rings is 2. The summed E-state index contributed by atoms with van der Waals surface area (Å²) in [5.74, 6) is -0.346. The Labute approximate surface area is 185 Å². The van der Waals surface area contributed by atoms with Crippen molar-refractivity contribution < 1.29 is 13.2 Å². The second-order valence-electron chi connectivity index (χ2n) is 7.04. The van der Waals surface area contributed by atoms with Crippen LogP contribution in [0.3, 0.4) is 0 Å². The molecule has 1 aliphatic heterocycles. The van der Waals surface area contributed by atoms with Gasteiger partial charge in [-0.15, -0.1) is 0 Å². The van der Waals surface area contributed by atoms with Gasteiger partial charge in [0.05, 0.1) is 16.3 Å². The lowest BCUT2D eigenvalue weighted by Gasteiger charge is -2.22. The molecule has 0 saturated heterocycles. The predicted molar refractivity (Wildman–Crippen MR) is 122 cm³/mol. The van der Waals surface area contributed by atoms with Gasteiger partial charge in [-0.1, -0.05) is 36.4 Å². The van der Waals surface area contributed by atoms with E-state index in [4.69, 9.17) is 5.14 Å². The van der Waals surface area contributed by atoms with Crippen LogP contribution in [-0.2, 0) is 10.0 Å². The summed E-state index contributed by atoms with van der Waals surface area (Å²) in [6, 6.07) is 19.9. The first kappa shape index (κ1) is 21.3. The van der Waals surface area contributed by atoms with Gasteiger partial charge < -0.3 is 0 Å². The molecule has 9 nitrogen and oxygen atoms in total. The van der Waals surface area contributed by atoms with Crippen LogP contribution in [0.5, 0.6) is 0 Å². The molecule has 2 aromatic carbocycles. The number of hydrogen-bond acceptors (Lipinski definition) is 7. The maximum atomic E-state index is 13.1. The molecule has 1 aliphatic rings. The van der Waals surface area contributed by atoms with Gasteiger partial charge >= 0.3 is 0 Å². The molecule has 0 radical (unpaired) electrons. The lowest BCUT2D eigenvalue weighted by Crippen LogP contribution is -2.31. The van der Waals surface area contributed by atoms with E-state index >= 15 is 0 Å². The Morgan fingerprint density at radius 3 is 2.34 bits per heavy atom. The number of rotatable bonds is 5. The molecule has 0 saturated carbocycles. The van der Waals surface area contributed by atoms with Crippen molar-refractivity contribution in [2.45, 2.75) is 17.9 Å². The molecule has 0 spiro atoms. The molecular weight excluding hydrogens is 428 g/mol. The first-order valence-electron chi connectivity index (χ1n) is 9.66. The molecule has 1 atom stereocenters. The highest BCUT2D eigenvalue weighted by atomic mass is 32.2. The number of sulfonamides is 1. The summed E-state index contributed by atoms with van der Waals surface area (Å²) in [4.78, 5) is 17.3. The van der Waals surface area contributed by atoms with E-state index in [1.54, 1.807) is 43.5 Å². The summed E-state index contributed by atoms with van der Waals surface area (Å²) in [5, 5.41) is 15.5. The van der Waals surface area contributed by atoms with E-state index < -0.39 is 16.1 Å². The van der Waals surface area contributed by atoms with Crippen molar-refractivity contribution in [2.24, 2.45) is 15.3 Å². The van der Waals surface area contributed by atoms with Crippen LogP contribution in [0.15, 0.2) is 94.1 Å². The van der Waals surface area contributed by atoms with E-state index in [9.17, 15) is 13.2 Å². The van der Waals surface area contributed by atoms with Crippen molar-refractivity contribution >= 4 is 33.0 Å². The van der Waals surface area contributed by atoms with Crippen molar-refractivity contribution in [1.82, 2.24) is 9.99 Å². The molecule has 162 valence electrons. The Morgan fingerprint density at radius 1 is 1.03 bits per heavy atom. The second kappa shape index (κ2) is 8.69. The van der Waals surface area contributed by atoms with E-state index in [0.717, 1.165) is 5.56 Å². The van der Waals surface area contributed by atoms with E-state index in [2.05, 4.69) is 20.6 Å². The third kappa shape index (κ3) is 4.41. The Morgan fingerprint density at radius 2 is 1.72 bits per heavy atom. The van der Waals surface area contributed by atoms with Crippen LogP contribution in [0.2, 0.25) is 0 Å². The number of hydrazone groups is 2. The molecule has 10 heteroatoms. The molecule has 32 heavy (non-hydrogen) atoms. The van der Waals surface area contributed by atoms with Gasteiger partial charge in [0, 0.05) is 6.20 Å². The van der Waals surface area contributed by atoms with Crippen molar-refractivity contribution in [3.8, 4) is 0 Å². The van der Waals surface area contributed by atoms with Gasteiger partial charge in [0.15, 0.2) is 0 Å². The Hall–Kier alpha value is -3.89. The number of anilines is 1. The maximum absolute atomic E-state index is 13.1. The average Bonchev–Trinajstić information content (AvgIpc) is 3.14. The molecule has 4 rings (SSSR count). The Balaban J connectivity index is 1.67. The number of carbonyl (C=O) groups excluding carboxylic acids is 1. The highest BCUT2D eigenvalue weighted by molar-refractivity contribution is 7.89. The normalized spacial score (nSPS) is 17.3. The number of nitrogens with zero attached hydrogens (tertiary/aromatic N) is 4. The van der Waals surface area contributed by atoms with Gasteiger partial charge in [0.1, 0.15) is 17.4 Å². The highest BCUT2D eigenvalue weighted by Crippen LogP contribution is 2.30. The number of aromatic nitrogens is 1. The molecule has 1 amide bonds. The first-order chi connectivity index (χ1) is 15.3. The van der Waals surface area contributed by atoms with Crippen LogP contribution < -0.4 is 10.6 Å². The van der Waals surface area contributed by atoms with Gasteiger partial charge in [-0.25, -0.2) is 18.6 Å². The maximum Gasteiger partial charge on any atom is 0.293 e. The monoisotopic (exact) mass is 448 g/mol.